The lowest BCUT2D eigenvalue weighted by Gasteiger charge is -2.16. The van der Waals surface area contributed by atoms with Crippen molar-refractivity contribution < 1.29 is 19.1 Å². The number of carboxylic acids is 1. The Labute approximate surface area is 103 Å². The molecule has 6 heteroatoms. The summed E-state index contributed by atoms with van der Waals surface area (Å²) in [5, 5.41) is 8.99. The van der Waals surface area contributed by atoms with Crippen LogP contribution in [0.15, 0.2) is 18.5 Å². The van der Waals surface area contributed by atoms with Crippen molar-refractivity contribution in [1.29, 1.82) is 0 Å². The first kappa shape index (κ1) is 12.5. The molecule has 0 aromatic carbocycles. The van der Waals surface area contributed by atoms with Crippen LogP contribution in [-0.4, -0.2) is 40.0 Å². The number of hydrogen-bond donors (Lipinski definition) is 1. The van der Waals surface area contributed by atoms with Crippen LogP contribution >= 0.6 is 0 Å². The maximum atomic E-state index is 13.4. The lowest BCUT2D eigenvalue weighted by atomic mass is 9.99. The fourth-order valence-electron chi connectivity index (χ4n) is 2.17. The van der Waals surface area contributed by atoms with E-state index in [1.165, 1.54) is 17.2 Å². The molecule has 1 aliphatic heterocycles. The van der Waals surface area contributed by atoms with Gasteiger partial charge in [-0.15, -0.1) is 0 Å². The number of pyridine rings is 1. The van der Waals surface area contributed by atoms with Gasteiger partial charge in [0.05, 0.1) is 17.7 Å². The number of nitrogens with zero attached hydrogens (tertiary/aromatic N) is 2. The van der Waals surface area contributed by atoms with Crippen LogP contribution in [0, 0.1) is 17.7 Å². The minimum Gasteiger partial charge on any atom is -0.481 e. The summed E-state index contributed by atoms with van der Waals surface area (Å²) < 4.78 is 13.4. The molecular weight excluding hydrogens is 239 g/mol. The smallest absolute Gasteiger partial charge is 0.308 e. The molecule has 1 saturated heterocycles. The standard InChI is InChI=1S/C12H13FN2O3/c1-7-5-15(6-9(7)12(17)18)11(16)8-2-3-14-4-10(8)13/h2-4,7,9H,5-6H2,1H3,(H,17,18). The van der Waals surface area contributed by atoms with Crippen molar-refractivity contribution in [3.8, 4) is 0 Å². The lowest BCUT2D eigenvalue weighted by Crippen LogP contribution is -2.30. The highest BCUT2D eigenvalue weighted by molar-refractivity contribution is 5.95. The van der Waals surface area contributed by atoms with Crippen LogP contribution in [0.2, 0.25) is 0 Å². The van der Waals surface area contributed by atoms with Gasteiger partial charge in [-0.05, 0) is 12.0 Å². The third-order valence-electron chi connectivity index (χ3n) is 3.22. The average molecular weight is 252 g/mol. The minimum atomic E-state index is -0.923. The summed E-state index contributed by atoms with van der Waals surface area (Å²) in [6, 6.07) is 1.30. The topological polar surface area (TPSA) is 70.5 Å². The molecule has 1 aromatic heterocycles. The maximum absolute atomic E-state index is 13.4. The van der Waals surface area contributed by atoms with Gasteiger partial charge >= 0.3 is 5.97 Å². The average Bonchev–Trinajstić information content (AvgIpc) is 2.71. The van der Waals surface area contributed by atoms with E-state index in [1.54, 1.807) is 6.92 Å². The summed E-state index contributed by atoms with van der Waals surface area (Å²) in [5.41, 5.74) is -0.0664. The van der Waals surface area contributed by atoms with E-state index in [1.807, 2.05) is 0 Å². The monoisotopic (exact) mass is 252 g/mol. The Kier molecular flexibility index (Phi) is 3.27. The first-order valence-corrected chi connectivity index (χ1v) is 5.62. The zero-order valence-electron chi connectivity index (χ0n) is 9.84. The first-order valence-electron chi connectivity index (χ1n) is 5.62. The van der Waals surface area contributed by atoms with Crippen LogP contribution in [0.4, 0.5) is 4.39 Å². The van der Waals surface area contributed by atoms with Crippen molar-refractivity contribution in [2.45, 2.75) is 6.92 Å². The molecule has 0 radical (unpaired) electrons. The van der Waals surface area contributed by atoms with Gasteiger partial charge in [-0.1, -0.05) is 6.92 Å². The van der Waals surface area contributed by atoms with Gasteiger partial charge in [-0.25, -0.2) is 4.39 Å². The molecule has 1 aliphatic rings. The molecule has 0 bridgehead atoms. The van der Waals surface area contributed by atoms with E-state index in [-0.39, 0.29) is 18.0 Å². The summed E-state index contributed by atoms with van der Waals surface area (Å²) in [4.78, 5) is 28.0. The number of hydrogen-bond acceptors (Lipinski definition) is 3. The molecule has 18 heavy (non-hydrogen) atoms. The Bertz CT molecular complexity index is 492. The molecule has 2 unspecified atom stereocenters. The number of halogens is 1. The Morgan fingerprint density at radius 1 is 1.50 bits per heavy atom. The summed E-state index contributed by atoms with van der Waals surface area (Å²) in [5.74, 6) is -2.80. The Morgan fingerprint density at radius 2 is 2.22 bits per heavy atom. The molecule has 96 valence electrons. The predicted octanol–water partition coefficient (Wildman–Crippen LogP) is 1.01. The quantitative estimate of drug-likeness (QED) is 0.852. The molecule has 1 aromatic rings. The highest BCUT2D eigenvalue weighted by atomic mass is 19.1. The van der Waals surface area contributed by atoms with Crippen molar-refractivity contribution in [3.63, 3.8) is 0 Å². The number of likely N-dealkylation sites (tertiary alicyclic amines) is 1. The summed E-state index contributed by atoms with van der Waals surface area (Å²) >= 11 is 0. The molecule has 2 rings (SSSR count). The van der Waals surface area contributed by atoms with Gasteiger partial charge in [0.15, 0.2) is 5.82 Å². The van der Waals surface area contributed by atoms with Gasteiger partial charge in [0.2, 0.25) is 0 Å². The molecule has 1 amide bonds. The van der Waals surface area contributed by atoms with Crippen molar-refractivity contribution in [2.75, 3.05) is 13.1 Å². The fraction of sp³-hybridized carbons (Fsp3) is 0.417. The van der Waals surface area contributed by atoms with Crippen LogP contribution in [0.25, 0.3) is 0 Å². The van der Waals surface area contributed by atoms with E-state index in [0.29, 0.717) is 6.54 Å². The highest BCUT2D eigenvalue weighted by Gasteiger charge is 2.37. The molecule has 2 heterocycles. The SMILES string of the molecule is CC1CN(C(=O)c2ccncc2F)CC1C(=O)O. The number of aromatic nitrogens is 1. The number of aliphatic carboxylic acids is 1. The Balaban J connectivity index is 2.17. The third kappa shape index (κ3) is 2.18. The van der Waals surface area contributed by atoms with Gasteiger partial charge in [0.1, 0.15) is 0 Å². The minimum absolute atomic E-state index is 0.0664. The van der Waals surface area contributed by atoms with Gasteiger partial charge in [0.25, 0.3) is 5.91 Å². The number of amides is 1. The molecule has 1 N–H and O–H groups in total. The number of carboxylic acid groups (broad SMARTS) is 1. The largest absolute Gasteiger partial charge is 0.481 e. The highest BCUT2D eigenvalue weighted by Crippen LogP contribution is 2.25. The second kappa shape index (κ2) is 4.72. The van der Waals surface area contributed by atoms with Gasteiger partial charge < -0.3 is 10.0 Å². The second-order valence-corrected chi connectivity index (χ2v) is 4.49. The molecule has 0 spiro atoms. The summed E-state index contributed by atoms with van der Waals surface area (Å²) in [6.45, 7) is 2.23. The number of carbonyl (C=O) groups excluding carboxylic acids is 1. The van der Waals surface area contributed by atoms with Gasteiger partial charge in [-0.3, -0.25) is 14.6 Å². The second-order valence-electron chi connectivity index (χ2n) is 4.49. The molecule has 0 saturated carbocycles. The molecule has 5 nitrogen and oxygen atoms in total. The van der Waals surface area contributed by atoms with E-state index in [9.17, 15) is 14.0 Å². The van der Waals surface area contributed by atoms with Crippen molar-refractivity contribution >= 4 is 11.9 Å². The van der Waals surface area contributed by atoms with Gasteiger partial charge in [-0.2, -0.15) is 0 Å². The van der Waals surface area contributed by atoms with Crippen LogP contribution in [0.3, 0.4) is 0 Å². The van der Waals surface area contributed by atoms with Crippen LogP contribution < -0.4 is 0 Å². The van der Waals surface area contributed by atoms with Crippen molar-refractivity contribution in [1.82, 2.24) is 9.88 Å². The van der Waals surface area contributed by atoms with Crippen molar-refractivity contribution in [3.05, 3.63) is 29.8 Å². The molecular formula is C12H13FN2O3. The number of carbonyl (C=O) groups is 2. The molecule has 0 aliphatic carbocycles. The first-order chi connectivity index (χ1) is 8.50. The summed E-state index contributed by atoms with van der Waals surface area (Å²) in [7, 11) is 0. The fourth-order valence-corrected chi connectivity index (χ4v) is 2.17. The van der Waals surface area contributed by atoms with Crippen LogP contribution in [-0.2, 0) is 4.79 Å². The van der Waals surface area contributed by atoms with E-state index >= 15 is 0 Å². The number of rotatable bonds is 2. The Morgan fingerprint density at radius 3 is 2.78 bits per heavy atom. The zero-order chi connectivity index (χ0) is 13.3. The van der Waals surface area contributed by atoms with Crippen LogP contribution in [0.5, 0.6) is 0 Å². The normalized spacial score (nSPS) is 23.1. The molecule has 1 fully saturated rings. The van der Waals surface area contributed by atoms with Crippen molar-refractivity contribution in [2.24, 2.45) is 11.8 Å². The maximum Gasteiger partial charge on any atom is 0.308 e. The van der Waals surface area contributed by atoms with E-state index < -0.39 is 23.6 Å². The van der Waals surface area contributed by atoms with Gasteiger partial charge in [0, 0.05) is 19.3 Å². The third-order valence-corrected chi connectivity index (χ3v) is 3.22. The molecule has 2 atom stereocenters. The van der Waals surface area contributed by atoms with E-state index in [0.717, 1.165) is 6.20 Å². The lowest BCUT2D eigenvalue weighted by molar-refractivity contribution is -0.142. The Hall–Kier alpha value is -1.98. The van der Waals surface area contributed by atoms with E-state index in [4.69, 9.17) is 5.11 Å². The van der Waals surface area contributed by atoms with Crippen LogP contribution in [0.1, 0.15) is 17.3 Å². The van der Waals surface area contributed by atoms with E-state index in [2.05, 4.69) is 4.98 Å². The zero-order valence-corrected chi connectivity index (χ0v) is 9.84. The predicted molar refractivity (Wildman–Crippen MR) is 60.4 cm³/mol. The summed E-state index contributed by atoms with van der Waals surface area (Å²) in [6.07, 6.45) is 2.31.